The van der Waals surface area contributed by atoms with Gasteiger partial charge in [-0.25, -0.2) is 9.78 Å². The number of benzene rings is 2. The Morgan fingerprint density at radius 3 is 2.61 bits per heavy atom. The summed E-state index contributed by atoms with van der Waals surface area (Å²) in [7, 11) is 1.58. The van der Waals surface area contributed by atoms with Crippen molar-refractivity contribution in [3.63, 3.8) is 0 Å². The van der Waals surface area contributed by atoms with Crippen molar-refractivity contribution in [3.8, 4) is 11.3 Å². The molecule has 0 bridgehead atoms. The third-order valence-electron chi connectivity index (χ3n) is 5.66. The minimum atomic E-state index is -4.76. The fourth-order valence-corrected chi connectivity index (χ4v) is 4.40. The van der Waals surface area contributed by atoms with Crippen molar-refractivity contribution in [1.82, 2.24) is 9.55 Å². The van der Waals surface area contributed by atoms with Crippen LogP contribution in [0.25, 0.3) is 11.3 Å². The maximum Gasteiger partial charge on any atom is 0.417 e. The molecule has 6 nitrogen and oxygen atoms in total. The van der Waals surface area contributed by atoms with Gasteiger partial charge in [0.05, 0.1) is 27.4 Å². The van der Waals surface area contributed by atoms with Crippen LogP contribution >= 0.6 is 11.6 Å². The molecule has 2 N–H and O–H groups in total. The van der Waals surface area contributed by atoms with Crippen LogP contribution < -0.4 is 5.32 Å². The van der Waals surface area contributed by atoms with E-state index in [1.165, 1.54) is 12.1 Å². The van der Waals surface area contributed by atoms with Crippen LogP contribution in [0, 0.1) is 0 Å². The van der Waals surface area contributed by atoms with E-state index in [2.05, 4.69) is 10.3 Å². The molecule has 1 aliphatic heterocycles. The fourth-order valence-electron chi connectivity index (χ4n) is 4.14. The highest BCUT2D eigenvalue weighted by molar-refractivity contribution is 6.35. The standard InChI is InChI=1S/C23H19ClF3N3O3/c1-28-16-11-12(8-9-13(16)22(32)33)19-17-7-2-3-10-30(17)21(29-19)20(31)18-14(23(25,26)27)5-4-6-15(18)24/h4-6,8-9,11,28H,2-3,7,10H2,1H3,(H,32,33). The zero-order valence-electron chi connectivity index (χ0n) is 17.5. The highest BCUT2D eigenvalue weighted by atomic mass is 35.5. The summed E-state index contributed by atoms with van der Waals surface area (Å²) in [4.78, 5) is 29.3. The van der Waals surface area contributed by atoms with Crippen molar-refractivity contribution in [2.24, 2.45) is 0 Å². The molecule has 0 spiro atoms. The topological polar surface area (TPSA) is 84.2 Å². The Bertz CT molecular complexity index is 1270. The number of ketones is 1. The van der Waals surface area contributed by atoms with Crippen molar-refractivity contribution in [3.05, 3.63) is 69.6 Å². The molecule has 172 valence electrons. The van der Waals surface area contributed by atoms with Gasteiger partial charge in [-0.3, -0.25) is 4.79 Å². The van der Waals surface area contributed by atoms with Crippen LogP contribution in [0.5, 0.6) is 0 Å². The van der Waals surface area contributed by atoms with Gasteiger partial charge in [0.15, 0.2) is 5.82 Å². The van der Waals surface area contributed by atoms with E-state index >= 15 is 0 Å². The van der Waals surface area contributed by atoms with Gasteiger partial charge in [0.1, 0.15) is 0 Å². The Morgan fingerprint density at radius 1 is 1.18 bits per heavy atom. The van der Waals surface area contributed by atoms with E-state index in [9.17, 15) is 27.9 Å². The smallest absolute Gasteiger partial charge is 0.417 e. The molecule has 0 saturated heterocycles. The van der Waals surface area contributed by atoms with Gasteiger partial charge in [0, 0.05) is 30.5 Å². The molecule has 1 aromatic heterocycles. The average molecular weight is 478 g/mol. The molecule has 0 aliphatic carbocycles. The van der Waals surface area contributed by atoms with Crippen LogP contribution in [0.4, 0.5) is 18.9 Å². The Morgan fingerprint density at radius 2 is 1.94 bits per heavy atom. The van der Waals surface area contributed by atoms with Gasteiger partial charge in [-0.05, 0) is 43.5 Å². The van der Waals surface area contributed by atoms with Gasteiger partial charge in [0.25, 0.3) is 0 Å². The molecule has 0 fully saturated rings. The molecule has 33 heavy (non-hydrogen) atoms. The van der Waals surface area contributed by atoms with Crippen LogP contribution in [-0.4, -0.2) is 33.5 Å². The quantitative estimate of drug-likeness (QED) is 0.472. The molecule has 1 aliphatic rings. The molecule has 0 unspecified atom stereocenters. The Labute approximate surface area is 192 Å². The van der Waals surface area contributed by atoms with Gasteiger partial charge in [0.2, 0.25) is 5.78 Å². The maximum absolute atomic E-state index is 13.6. The molecule has 0 saturated carbocycles. The van der Waals surface area contributed by atoms with E-state index in [0.29, 0.717) is 29.9 Å². The van der Waals surface area contributed by atoms with Gasteiger partial charge in [-0.15, -0.1) is 0 Å². The maximum atomic E-state index is 13.6. The number of alkyl halides is 3. The summed E-state index contributed by atoms with van der Waals surface area (Å²) >= 11 is 6.05. The van der Waals surface area contributed by atoms with Crippen molar-refractivity contribution in [2.75, 3.05) is 12.4 Å². The largest absolute Gasteiger partial charge is 0.478 e. The van der Waals surface area contributed by atoms with Crippen molar-refractivity contribution >= 4 is 29.0 Å². The number of halogens is 4. The first-order chi connectivity index (χ1) is 15.6. The molecule has 0 atom stereocenters. The Hall–Kier alpha value is -3.33. The molecule has 10 heteroatoms. The third kappa shape index (κ3) is 4.08. The normalized spacial score (nSPS) is 13.5. The molecular weight excluding hydrogens is 459 g/mol. The monoisotopic (exact) mass is 477 g/mol. The summed E-state index contributed by atoms with van der Waals surface area (Å²) in [5.41, 5.74) is 0.394. The molecule has 4 rings (SSSR count). The Balaban J connectivity index is 1.89. The second-order valence-electron chi connectivity index (χ2n) is 7.64. The number of hydrogen-bond donors (Lipinski definition) is 2. The van der Waals surface area contributed by atoms with Crippen LogP contribution in [0.1, 0.15) is 50.6 Å². The minimum absolute atomic E-state index is 0.0662. The number of carbonyl (C=O) groups excluding carboxylic acids is 1. The minimum Gasteiger partial charge on any atom is -0.478 e. The van der Waals surface area contributed by atoms with Crippen molar-refractivity contribution < 1.29 is 27.9 Å². The summed E-state index contributed by atoms with van der Waals surface area (Å²) in [5.74, 6) is -2.13. The SMILES string of the molecule is CNc1cc(-c2nc(C(=O)c3c(Cl)cccc3C(F)(F)F)n3c2CCCC3)ccc1C(=O)O. The number of fused-ring (bicyclic) bond motifs is 1. The second kappa shape index (κ2) is 8.55. The number of carboxylic acid groups (broad SMARTS) is 1. The van der Waals surface area contributed by atoms with Crippen LogP contribution in [-0.2, 0) is 19.1 Å². The van der Waals surface area contributed by atoms with E-state index in [0.717, 1.165) is 30.7 Å². The molecule has 2 heterocycles. The molecule has 3 aromatic rings. The number of imidazole rings is 1. The van der Waals surface area contributed by atoms with E-state index < -0.39 is 29.1 Å². The predicted molar refractivity (Wildman–Crippen MR) is 117 cm³/mol. The first-order valence-corrected chi connectivity index (χ1v) is 10.6. The molecular formula is C23H19ClF3N3O3. The highest BCUT2D eigenvalue weighted by Gasteiger charge is 2.38. The number of nitrogens with one attached hydrogen (secondary N) is 1. The lowest BCUT2D eigenvalue weighted by Crippen LogP contribution is -2.20. The number of hydrogen-bond acceptors (Lipinski definition) is 4. The van der Waals surface area contributed by atoms with E-state index in [-0.39, 0.29) is 16.4 Å². The van der Waals surface area contributed by atoms with Crippen molar-refractivity contribution in [1.29, 1.82) is 0 Å². The molecule has 0 amide bonds. The van der Waals surface area contributed by atoms with Crippen molar-refractivity contribution in [2.45, 2.75) is 32.0 Å². The van der Waals surface area contributed by atoms with Crippen LogP contribution in [0.2, 0.25) is 5.02 Å². The van der Waals surface area contributed by atoms with E-state index in [1.54, 1.807) is 23.7 Å². The number of nitrogens with zero attached hydrogens (tertiary/aromatic N) is 2. The zero-order valence-corrected chi connectivity index (χ0v) is 18.2. The van der Waals surface area contributed by atoms with Gasteiger partial charge in [-0.2, -0.15) is 13.2 Å². The second-order valence-corrected chi connectivity index (χ2v) is 8.05. The first kappa shape index (κ1) is 22.8. The summed E-state index contributed by atoms with van der Waals surface area (Å²) < 4.78 is 42.5. The lowest BCUT2D eigenvalue weighted by Gasteiger charge is -2.18. The van der Waals surface area contributed by atoms with E-state index in [4.69, 9.17) is 11.6 Å². The number of carbonyl (C=O) groups is 2. The number of aromatic nitrogens is 2. The summed E-state index contributed by atoms with van der Waals surface area (Å²) in [6, 6.07) is 7.82. The van der Waals surface area contributed by atoms with E-state index in [1.807, 2.05) is 0 Å². The van der Waals surface area contributed by atoms with Crippen LogP contribution in [0.3, 0.4) is 0 Å². The van der Waals surface area contributed by atoms with Gasteiger partial charge >= 0.3 is 12.1 Å². The summed E-state index contributed by atoms with van der Waals surface area (Å²) in [6.07, 6.45) is -2.60. The molecule has 2 aromatic carbocycles. The lowest BCUT2D eigenvalue weighted by molar-refractivity contribution is -0.137. The number of aromatic carboxylic acids is 1. The summed E-state index contributed by atoms with van der Waals surface area (Å²) in [5, 5.41) is 11.9. The van der Waals surface area contributed by atoms with Gasteiger partial charge < -0.3 is 15.0 Å². The predicted octanol–water partition coefficient (Wildman–Crippen LogP) is 5.53. The van der Waals surface area contributed by atoms with Gasteiger partial charge in [-0.1, -0.05) is 23.7 Å². The average Bonchev–Trinajstić information content (AvgIpc) is 3.17. The highest BCUT2D eigenvalue weighted by Crippen LogP contribution is 2.38. The molecule has 0 radical (unpaired) electrons. The number of carboxylic acids is 1. The lowest BCUT2D eigenvalue weighted by atomic mass is 10.0. The Kier molecular flexibility index (Phi) is 5.92. The zero-order chi connectivity index (χ0) is 23.9. The van der Waals surface area contributed by atoms with Crippen LogP contribution in [0.15, 0.2) is 36.4 Å². The third-order valence-corrected chi connectivity index (χ3v) is 5.97. The number of rotatable bonds is 5. The first-order valence-electron chi connectivity index (χ1n) is 10.2. The fraction of sp³-hybridized carbons (Fsp3) is 0.261. The summed E-state index contributed by atoms with van der Waals surface area (Å²) in [6.45, 7) is 0.432. The number of anilines is 1.